The van der Waals surface area contributed by atoms with Gasteiger partial charge >= 0.3 is 13.4 Å². The summed E-state index contributed by atoms with van der Waals surface area (Å²) in [5, 5.41) is 24.4. The Balaban J connectivity index is 0.00000289. The number of carboxylic acid groups (broad SMARTS) is 2. The van der Waals surface area contributed by atoms with E-state index in [-0.39, 0.29) is 60.0 Å². The number of carbonyl (C=O) groups excluding carboxylic acids is 1. The van der Waals surface area contributed by atoms with Crippen LogP contribution in [-0.2, 0) is 32.6 Å². The summed E-state index contributed by atoms with van der Waals surface area (Å²) in [7, 11) is 0. The average molecular weight is 500 g/mol. The minimum atomic E-state index is -1.32. The maximum absolute atomic E-state index is 12.3. The van der Waals surface area contributed by atoms with Gasteiger partial charge in [0.1, 0.15) is 6.04 Å². The van der Waals surface area contributed by atoms with E-state index in [1.807, 2.05) is 0 Å². The number of nitrogens with zero attached hydrogens (tertiary/aromatic N) is 4. The molecule has 0 aliphatic carbocycles. The van der Waals surface area contributed by atoms with Crippen LogP contribution in [0.15, 0.2) is 35.3 Å². The number of benzene rings is 1. The molecule has 0 bridgehead atoms. The Kier molecular flexibility index (Phi) is 8.40. The van der Waals surface area contributed by atoms with E-state index in [0.717, 1.165) is 0 Å². The summed E-state index contributed by atoms with van der Waals surface area (Å²) >= 11 is 0. The van der Waals surface area contributed by atoms with Crippen LogP contribution in [0.25, 0.3) is 16.5 Å². The molecule has 13 nitrogen and oxygen atoms in total. The molecule has 3 aromatic rings. The zero-order valence-corrected chi connectivity index (χ0v) is 17.8. The van der Waals surface area contributed by atoms with Gasteiger partial charge in [0.05, 0.1) is 0 Å². The van der Waals surface area contributed by atoms with E-state index < -0.39 is 29.4 Å². The number of rotatable bonds is 9. The fourth-order valence-electron chi connectivity index (χ4n) is 2.70. The quantitative estimate of drug-likeness (QED) is 0.259. The van der Waals surface area contributed by atoms with Gasteiger partial charge < -0.3 is 26.6 Å². The number of nitrogens with two attached hydrogens (primary N) is 1. The largest absolute Gasteiger partial charge is 1.00 e. The molecule has 0 saturated heterocycles. The molecule has 2 heterocycles. The van der Waals surface area contributed by atoms with Crippen LogP contribution in [0.5, 0.6) is 0 Å². The number of nitrogens with one attached hydrogen (secondary N) is 2. The van der Waals surface area contributed by atoms with Crippen LogP contribution in [0.2, 0.25) is 0 Å². The van der Waals surface area contributed by atoms with Gasteiger partial charge in [-0.25, -0.2) is 14.8 Å². The minimum Gasteiger partial charge on any atom is -0.679 e. The number of carbonyl (C=O) groups is 3. The van der Waals surface area contributed by atoms with Crippen molar-refractivity contribution in [2.24, 2.45) is 0 Å². The van der Waals surface area contributed by atoms with Gasteiger partial charge in [-0.05, 0) is 6.42 Å². The Labute approximate surface area is 197 Å². The molecule has 0 unspecified atom stereocenters. The standard InChI is InChI=1S/C19H19N7O6.Ni/c20-19-25-15-14(17(30)26-19)23-11(8-22-15)7-21-10-3-1-9(2-4-10)16(29)24-12(18(31)32)5-6-13(27)28;/h1-4,8,12H,5-7H2,(H7,20,21,22,24,25,26,27,28,29,30,31,32);/t12-;/m0./s1. The van der Waals surface area contributed by atoms with Crippen molar-refractivity contribution in [2.75, 3.05) is 5.73 Å². The average Bonchev–Trinajstić information content (AvgIpc) is 2.75. The number of aromatic amines is 1. The second-order valence-corrected chi connectivity index (χ2v) is 6.64. The smallest absolute Gasteiger partial charge is 0.679 e. The number of aliphatic carboxylic acids is 2. The van der Waals surface area contributed by atoms with Crippen molar-refractivity contribution in [2.45, 2.75) is 25.4 Å². The first kappa shape index (κ1) is 25.2. The minimum absolute atomic E-state index is 0. The molecular formula is C19H19N7NiO6. The van der Waals surface area contributed by atoms with Gasteiger partial charge in [-0.1, -0.05) is 30.8 Å². The molecule has 33 heavy (non-hydrogen) atoms. The van der Waals surface area contributed by atoms with Crippen LogP contribution in [0.4, 0.5) is 11.6 Å². The summed E-state index contributed by atoms with van der Waals surface area (Å²) in [6.45, 7) is 0.106. The van der Waals surface area contributed by atoms with Crippen LogP contribution in [-0.4, -0.2) is 54.0 Å². The summed E-state index contributed by atoms with van der Waals surface area (Å²) < 4.78 is 0. The molecular weight excluding hydrogens is 481 g/mol. The fourth-order valence-corrected chi connectivity index (χ4v) is 2.70. The summed E-state index contributed by atoms with van der Waals surface area (Å²) in [5.41, 5.74) is 6.22. The second kappa shape index (κ2) is 11.0. The molecule has 0 spiro atoms. The molecule has 1 aromatic carbocycles. The number of anilines is 1. The number of carboxylic acids is 2. The number of hydrogen-bond donors (Lipinski definition) is 5. The van der Waals surface area contributed by atoms with Crippen molar-refractivity contribution in [3.05, 3.63) is 57.4 Å². The number of fused-ring (bicyclic) bond motifs is 1. The number of hydrogen-bond acceptors (Lipinski definition) is 8. The Morgan fingerprint density at radius 1 is 1.18 bits per heavy atom. The van der Waals surface area contributed by atoms with Crippen LogP contribution in [0.3, 0.4) is 0 Å². The van der Waals surface area contributed by atoms with Crippen LogP contribution in [0.1, 0.15) is 30.3 Å². The zero-order valence-electron chi connectivity index (χ0n) is 17.8. The van der Waals surface area contributed by atoms with Gasteiger partial charge in [-0.2, -0.15) is 4.98 Å². The van der Waals surface area contributed by atoms with E-state index in [1.54, 1.807) is 12.1 Å². The number of H-pyrrole nitrogens is 1. The second-order valence-electron chi connectivity index (χ2n) is 6.64. The van der Waals surface area contributed by atoms with Crippen molar-refractivity contribution >= 4 is 40.6 Å². The maximum atomic E-state index is 12.3. The third-order valence-electron chi connectivity index (χ3n) is 4.29. The third kappa shape index (κ3) is 6.71. The predicted octanol–water partition coefficient (Wildman–Crippen LogP) is 0.658. The van der Waals surface area contributed by atoms with E-state index in [2.05, 4.69) is 30.6 Å². The molecule has 0 saturated carbocycles. The van der Waals surface area contributed by atoms with E-state index in [4.69, 9.17) is 15.9 Å². The molecule has 0 aliphatic rings. The first-order valence-corrected chi connectivity index (χ1v) is 9.27. The van der Waals surface area contributed by atoms with Gasteiger partial charge in [-0.3, -0.25) is 19.4 Å². The molecule has 0 fully saturated rings. The summed E-state index contributed by atoms with van der Waals surface area (Å²) in [4.78, 5) is 60.5. The molecule has 1 amide bonds. The van der Waals surface area contributed by atoms with Crippen molar-refractivity contribution in [1.29, 1.82) is 0 Å². The van der Waals surface area contributed by atoms with Gasteiger partial charge in [-0.15, -0.1) is 5.69 Å². The molecule has 0 aliphatic heterocycles. The molecule has 14 heteroatoms. The van der Waals surface area contributed by atoms with Gasteiger partial charge in [0.2, 0.25) is 5.95 Å². The first-order valence-electron chi connectivity index (χ1n) is 9.27. The molecule has 1 atom stereocenters. The van der Waals surface area contributed by atoms with E-state index in [9.17, 15) is 19.2 Å². The van der Waals surface area contributed by atoms with Crippen LogP contribution < -0.4 is 16.6 Å². The van der Waals surface area contributed by atoms with Gasteiger partial charge in [0.25, 0.3) is 11.5 Å². The summed E-state index contributed by atoms with van der Waals surface area (Å²) in [5.74, 6) is -3.19. The molecule has 3 rings (SSSR count). The van der Waals surface area contributed by atoms with Crippen LogP contribution >= 0.6 is 0 Å². The monoisotopic (exact) mass is 499 g/mol. The van der Waals surface area contributed by atoms with Crippen molar-refractivity contribution in [3.8, 4) is 0 Å². The first-order chi connectivity index (χ1) is 15.2. The topological polar surface area (TPSA) is 215 Å². The van der Waals surface area contributed by atoms with E-state index in [0.29, 0.717) is 11.4 Å². The maximum Gasteiger partial charge on any atom is 1.00 e. The Bertz CT molecular complexity index is 1240. The van der Waals surface area contributed by atoms with Crippen molar-refractivity contribution in [3.63, 3.8) is 0 Å². The molecule has 6 N–H and O–H groups in total. The Morgan fingerprint density at radius 3 is 2.52 bits per heavy atom. The number of aromatic nitrogens is 4. The normalized spacial score (nSPS) is 11.3. The SMILES string of the molecule is Nc1nc2ncc(C[N-]c3ccc(C(=O)N[C@@H](CCC(=O)O)C(=O)O)cc3)nc2c(=O)[nH]1.[H+].[Ni]. The Morgan fingerprint density at radius 2 is 1.88 bits per heavy atom. The van der Waals surface area contributed by atoms with Crippen molar-refractivity contribution in [1.82, 2.24) is 25.3 Å². The molecule has 0 radical (unpaired) electrons. The van der Waals surface area contributed by atoms with Crippen LogP contribution in [0, 0.1) is 0 Å². The predicted molar refractivity (Wildman–Crippen MR) is 112 cm³/mol. The number of nitrogen functional groups attached to an aromatic ring is 1. The van der Waals surface area contributed by atoms with Gasteiger partial charge in [0, 0.05) is 40.4 Å². The number of amides is 1. The van der Waals surface area contributed by atoms with Gasteiger partial charge in [0.15, 0.2) is 11.2 Å². The third-order valence-corrected chi connectivity index (χ3v) is 4.29. The fraction of sp³-hybridized carbons (Fsp3) is 0.211. The summed E-state index contributed by atoms with van der Waals surface area (Å²) in [6, 6.07) is 4.68. The molecule has 176 valence electrons. The molecule has 2 aromatic heterocycles. The van der Waals surface area contributed by atoms with Crippen molar-refractivity contribution < 1.29 is 42.5 Å². The zero-order chi connectivity index (χ0) is 23.3. The van der Waals surface area contributed by atoms with E-state index >= 15 is 0 Å². The Hall–Kier alpha value is -4.06. The summed E-state index contributed by atoms with van der Waals surface area (Å²) in [6.07, 6.45) is 0.798. The van der Waals surface area contributed by atoms with E-state index in [1.165, 1.54) is 18.3 Å².